The van der Waals surface area contributed by atoms with Crippen molar-refractivity contribution in [1.82, 2.24) is 9.97 Å². The lowest BCUT2D eigenvalue weighted by molar-refractivity contribution is -0.0120. The van der Waals surface area contributed by atoms with Crippen molar-refractivity contribution in [2.24, 2.45) is 0 Å². The van der Waals surface area contributed by atoms with Crippen molar-refractivity contribution < 1.29 is 10.2 Å². The lowest BCUT2D eigenvalue weighted by Crippen LogP contribution is -2.39. The molecule has 1 aliphatic rings. The van der Waals surface area contributed by atoms with Crippen LogP contribution in [0.4, 0.5) is 5.82 Å². The van der Waals surface area contributed by atoms with E-state index >= 15 is 0 Å². The van der Waals surface area contributed by atoms with E-state index in [1.165, 1.54) is 0 Å². The van der Waals surface area contributed by atoms with Gasteiger partial charge in [-0.1, -0.05) is 0 Å². The molecule has 5 heteroatoms. The molecule has 5 nitrogen and oxygen atoms in total. The molecule has 0 amide bonds. The van der Waals surface area contributed by atoms with E-state index in [4.69, 9.17) is 0 Å². The van der Waals surface area contributed by atoms with Crippen LogP contribution in [-0.4, -0.2) is 38.4 Å². The molecule has 88 valence electrons. The van der Waals surface area contributed by atoms with Crippen LogP contribution >= 0.6 is 0 Å². The van der Waals surface area contributed by atoms with Gasteiger partial charge in [-0.2, -0.15) is 0 Å². The first-order valence-corrected chi connectivity index (χ1v) is 5.57. The van der Waals surface area contributed by atoms with Crippen LogP contribution in [-0.2, 0) is 0 Å². The van der Waals surface area contributed by atoms with Crippen LogP contribution in [0, 0.1) is 6.92 Å². The second kappa shape index (κ2) is 4.76. The summed E-state index contributed by atoms with van der Waals surface area (Å²) in [5.74, 6) is 1.50. The molecule has 1 fully saturated rings. The molecule has 0 radical (unpaired) electrons. The predicted molar refractivity (Wildman–Crippen MR) is 60.0 cm³/mol. The molecule has 0 bridgehead atoms. The fraction of sp³-hybridized carbons (Fsp3) is 0.636. The third kappa shape index (κ3) is 2.68. The normalized spacial score (nSPS) is 30.1. The van der Waals surface area contributed by atoms with Crippen molar-refractivity contribution in [2.75, 3.05) is 5.32 Å². The lowest BCUT2D eigenvalue weighted by Gasteiger charge is -2.30. The maximum atomic E-state index is 9.56. The maximum Gasteiger partial charge on any atom is 0.129 e. The van der Waals surface area contributed by atoms with Gasteiger partial charge in [-0.25, -0.2) is 9.97 Å². The number of nitrogens with one attached hydrogen (secondary N) is 1. The van der Waals surface area contributed by atoms with Gasteiger partial charge in [0.05, 0.1) is 12.2 Å². The maximum absolute atomic E-state index is 9.56. The summed E-state index contributed by atoms with van der Waals surface area (Å²) < 4.78 is 0. The summed E-state index contributed by atoms with van der Waals surface area (Å²) in [5, 5.41) is 22.2. The van der Waals surface area contributed by atoms with Crippen molar-refractivity contribution in [3.05, 3.63) is 18.1 Å². The third-order valence-corrected chi connectivity index (χ3v) is 2.91. The average molecular weight is 223 g/mol. The van der Waals surface area contributed by atoms with E-state index in [9.17, 15) is 10.2 Å². The van der Waals surface area contributed by atoms with Crippen LogP contribution in [0.3, 0.4) is 0 Å². The Morgan fingerprint density at radius 1 is 1.31 bits per heavy atom. The van der Waals surface area contributed by atoms with E-state index in [1.54, 1.807) is 6.20 Å². The Morgan fingerprint density at radius 2 is 2.12 bits per heavy atom. The Kier molecular flexibility index (Phi) is 3.36. The van der Waals surface area contributed by atoms with Gasteiger partial charge in [0.15, 0.2) is 0 Å². The summed E-state index contributed by atoms with van der Waals surface area (Å²) in [5.41, 5.74) is 0. The SMILES string of the molecule is Cc1nccc(NC2CC[C@@H](O)[C@@H](O)C2)n1. The zero-order valence-corrected chi connectivity index (χ0v) is 9.30. The van der Waals surface area contributed by atoms with Gasteiger partial charge in [0.1, 0.15) is 11.6 Å². The zero-order valence-electron chi connectivity index (χ0n) is 9.30. The largest absolute Gasteiger partial charge is 0.390 e. The molecule has 1 aliphatic carbocycles. The van der Waals surface area contributed by atoms with Crippen molar-refractivity contribution >= 4 is 5.82 Å². The van der Waals surface area contributed by atoms with Crippen LogP contribution in [0.15, 0.2) is 12.3 Å². The van der Waals surface area contributed by atoms with Crippen molar-refractivity contribution in [1.29, 1.82) is 0 Å². The minimum Gasteiger partial charge on any atom is -0.390 e. The van der Waals surface area contributed by atoms with Crippen LogP contribution in [0.2, 0.25) is 0 Å². The summed E-state index contributed by atoms with van der Waals surface area (Å²) in [6.45, 7) is 1.84. The first-order chi connectivity index (χ1) is 7.65. The molecular weight excluding hydrogens is 206 g/mol. The van der Waals surface area contributed by atoms with Crippen LogP contribution in [0.5, 0.6) is 0 Å². The van der Waals surface area contributed by atoms with Gasteiger partial charge in [0.25, 0.3) is 0 Å². The Balaban J connectivity index is 1.95. The first-order valence-electron chi connectivity index (χ1n) is 5.57. The van der Waals surface area contributed by atoms with Gasteiger partial charge in [0.2, 0.25) is 0 Å². The summed E-state index contributed by atoms with van der Waals surface area (Å²) in [4.78, 5) is 8.26. The highest BCUT2D eigenvalue weighted by Crippen LogP contribution is 2.21. The molecule has 16 heavy (non-hydrogen) atoms. The fourth-order valence-corrected chi connectivity index (χ4v) is 2.01. The summed E-state index contributed by atoms with van der Waals surface area (Å²) >= 11 is 0. The quantitative estimate of drug-likeness (QED) is 0.679. The fourth-order valence-electron chi connectivity index (χ4n) is 2.01. The molecule has 0 aliphatic heterocycles. The van der Waals surface area contributed by atoms with Crippen LogP contribution in [0.1, 0.15) is 25.1 Å². The summed E-state index contributed by atoms with van der Waals surface area (Å²) in [6.07, 6.45) is 2.53. The highest BCUT2D eigenvalue weighted by atomic mass is 16.3. The zero-order chi connectivity index (χ0) is 11.5. The van der Waals surface area contributed by atoms with E-state index in [-0.39, 0.29) is 6.04 Å². The number of rotatable bonds is 2. The topological polar surface area (TPSA) is 78.3 Å². The summed E-state index contributed by atoms with van der Waals surface area (Å²) in [7, 11) is 0. The molecule has 3 atom stereocenters. The molecule has 0 saturated heterocycles. The highest BCUT2D eigenvalue weighted by molar-refractivity contribution is 5.34. The van der Waals surface area contributed by atoms with Gasteiger partial charge in [-0.3, -0.25) is 0 Å². The molecule has 1 aromatic rings. The highest BCUT2D eigenvalue weighted by Gasteiger charge is 2.27. The van der Waals surface area contributed by atoms with Crippen molar-refractivity contribution in [3.63, 3.8) is 0 Å². The molecule has 1 aromatic heterocycles. The van der Waals surface area contributed by atoms with Crippen molar-refractivity contribution in [2.45, 2.75) is 44.4 Å². The molecule has 2 rings (SSSR count). The lowest BCUT2D eigenvalue weighted by atomic mass is 9.90. The van der Waals surface area contributed by atoms with Crippen molar-refractivity contribution in [3.8, 4) is 0 Å². The van der Waals surface area contributed by atoms with Gasteiger partial charge >= 0.3 is 0 Å². The third-order valence-electron chi connectivity index (χ3n) is 2.91. The number of aliphatic hydroxyl groups excluding tert-OH is 2. The molecule has 1 unspecified atom stereocenters. The Bertz CT molecular complexity index is 359. The van der Waals surface area contributed by atoms with Gasteiger partial charge in [0, 0.05) is 12.2 Å². The smallest absolute Gasteiger partial charge is 0.129 e. The first kappa shape index (κ1) is 11.3. The Labute approximate surface area is 94.6 Å². The summed E-state index contributed by atoms with van der Waals surface area (Å²) in [6, 6.07) is 1.98. The number of aromatic nitrogens is 2. The standard InChI is InChI=1S/C11H17N3O2/c1-7-12-5-4-11(13-7)14-8-2-3-9(15)10(16)6-8/h4-5,8-10,15-16H,2-3,6H2,1H3,(H,12,13,14)/t8?,9-,10+/m1/s1. The minimum atomic E-state index is -0.630. The van der Waals surface area contributed by atoms with Gasteiger partial charge < -0.3 is 15.5 Å². The van der Waals surface area contributed by atoms with E-state index < -0.39 is 12.2 Å². The number of aliphatic hydroxyl groups is 2. The number of hydrogen-bond acceptors (Lipinski definition) is 5. The molecule has 1 heterocycles. The Hall–Kier alpha value is -1.20. The van der Waals surface area contributed by atoms with Gasteiger partial charge in [-0.15, -0.1) is 0 Å². The average Bonchev–Trinajstić information content (AvgIpc) is 2.24. The van der Waals surface area contributed by atoms with E-state index in [1.807, 2.05) is 13.0 Å². The number of hydrogen-bond donors (Lipinski definition) is 3. The number of nitrogens with zero attached hydrogens (tertiary/aromatic N) is 2. The second-order valence-corrected chi connectivity index (χ2v) is 4.28. The van der Waals surface area contributed by atoms with Crippen LogP contribution in [0.25, 0.3) is 0 Å². The Morgan fingerprint density at radius 3 is 2.81 bits per heavy atom. The van der Waals surface area contributed by atoms with Gasteiger partial charge in [-0.05, 0) is 32.3 Å². The monoisotopic (exact) mass is 223 g/mol. The molecule has 0 aromatic carbocycles. The van der Waals surface area contributed by atoms with Crippen LogP contribution < -0.4 is 5.32 Å². The molecule has 1 saturated carbocycles. The van der Waals surface area contributed by atoms with E-state index in [0.29, 0.717) is 12.8 Å². The second-order valence-electron chi connectivity index (χ2n) is 4.28. The number of anilines is 1. The predicted octanol–water partition coefficient (Wildman–Crippen LogP) is 0.471. The molecule has 3 N–H and O–H groups in total. The molecule has 0 spiro atoms. The molecular formula is C11H17N3O2. The number of aryl methyl sites for hydroxylation is 1. The van der Waals surface area contributed by atoms with E-state index in [0.717, 1.165) is 18.1 Å². The van der Waals surface area contributed by atoms with E-state index in [2.05, 4.69) is 15.3 Å². The minimum absolute atomic E-state index is 0.174.